The number of carboxylic acid groups (broad SMARTS) is 1. The average molecular weight is 268 g/mol. The summed E-state index contributed by atoms with van der Waals surface area (Å²) < 4.78 is 0. The van der Waals surface area contributed by atoms with E-state index >= 15 is 0 Å². The Morgan fingerprint density at radius 3 is 2.78 bits per heavy atom. The molecule has 2 atom stereocenters. The molecule has 1 saturated carbocycles. The van der Waals surface area contributed by atoms with Crippen LogP contribution in [0.25, 0.3) is 0 Å². The van der Waals surface area contributed by atoms with Crippen LogP contribution in [-0.2, 0) is 4.79 Å². The van der Waals surface area contributed by atoms with Crippen LogP contribution in [0, 0.1) is 5.92 Å². The summed E-state index contributed by atoms with van der Waals surface area (Å²) in [6.07, 6.45) is 3.62. The van der Waals surface area contributed by atoms with Gasteiger partial charge in [0.05, 0.1) is 10.7 Å². The number of rotatable bonds is 3. The fourth-order valence-electron chi connectivity index (χ4n) is 2.71. The van der Waals surface area contributed by atoms with Crippen molar-refractivity contribution in [1.82, 2.24) is 0 Å². The summed E-state index contributed by atoms with van der Waals surface area (Å²) in [5, 5.41) is 13.4. The number of hydrogen-bond acceptors (Lipinski definition) is 2. The number of benzene rings is 1. The van der Waals surface area contributed by atoms with Crippen LogP contribution >= 0.6 is 11.6 Å². The highest BCUT2D eigenvalue weighted by molar-refractivity contribution is 6.33. The van der Waals surface area contributed by atoms with Crippen molar-refractivity contribution in [2.75, 3.05) is 5.32 Å². The van der Waals surface area contributed by atoms with Crippen molar-refractivity contribution in [3.63, 3.8) is 0 Å². The van der Waals surface area contributed by atoms with Gasteiger partial charge in [-0.15, -0.1) is 0 Å². The molecular weight excluding hydrogens is 250 g/mol. The van der Waals surface area contributed by atoms with Gasteiger partial charge in [0.1, 0.15) is 5.54 Å². The van der Waals surface area contributed by atoms with Crippen LogP contribution in [-0.4, -0.2) is 16.6 Å². The zero-order valence-electron chi connectivity index (χ0n) is 10.4. The monoisotopic (exact) mass is 267 g/mol. The third-order valence-corrected chi connectivity index (χ3v) is 4.24. The third-order valence-electron chi connectivity index (χ3n) is 3.91. The number of nitrogens with one attached hydrogen (secondary N) is 1. The van der Waals surface area contributed by atoms with Gasteiger partial charge in [0.2, 0.25) is 0 Å². The molecule has 2 N–H and O–H groups in total. The lowest BCUT2D eigenvalue weighted by molar-refractivity contribution is -0.145. The van der Waals surface area contributed by atoms with Gasteiger partial charge < -0.3 is 10.4 Å². The summed E-state index contributed by atoms with van der Waals surface area (Å²) in [5.74, 6) is -0.686. The Labute approximate surface area is 112 Å². The van der Waals surface area contributed by atoms with E-state index in [1.807, 2.05) is 25.1 Å². The summed E-state index contributed by atoms with van der Waals surface area (Å²) >= 11 is 6.10. The van der Waals surface area contributed by atoms with E-state index in [-0.39, 0.29) is 5.92 Å². The molecule has 2 unspecified atom stereocenters. The highest BCUT2D eigenvalue weighted by Gasteiger charge is 2.45. The largest absolute Gasteiger partial charge is 0.479 e. The minimum Gasteiger partial charge on any atom is -0.479 e. The Morgan fingerprint density at radius 1 is 1.44 bits per heavy atom. The molecule has 1 aliphatic rings. The van der Waals surface area contributed by atoms with E-state index in [4.69, 9.17) is 11.6 Å². The van der Waals surface area contributed by atoms with Crippen molar-refractivity contribution in [2.24, 2.45) is 5.92 Å². The Balaban J connectivity index is 2.32. The molecular formula is C14H18ClNO2. The van der Waals surface area contributed by atoms with E-state index in [1.54, 1.807) is 6.07 Å². The lowest BCUT2D eigenvalue weighted by Crippen LogP contribution is -2.53. The molecule has 0 aliphatic heterocycles. The van der Waals surface area contributed by atoms with Gasteiger partial charge in [-0.1, -0.05) is 43.5 Å². The van der Waals surface area contributed by atoms with Gasteiger partial charge in [0.15, 0.2) is 0 Å². The Bertz CT molecular complexity index is 449. The van der Waals surface area contributed by atoms with Crippen molar-refractivity contribution < 1.29 is 9.90 Å². The summed E-state index contributed by atoms with van der Waals surface area (Å²) in [4.78, 5) is 11.7. The average Bonchev–Trinajstić information content (AvgIpc) is 2.34. The maximum atomic E-state index is 11.7. The number of hydrogen-bond donors (Lipinski definition) is 2. The summed E-state index contributed by atoms with van der Waals surface area (Å²) in [6.45, 7) is 2.00. The summed E-state index contributed by atoms with van der Waals surface area (Å²) in [6, 6.07) is 7.30. The van der Waals surface area contributed by atoms with E-state index in [2.05, 4.69) is 5.32 Å². The van der Waals surface area contributed by atoms with Gasteiger partial charge in [0.25, 0.3) is 0 Å². The molecule has 1 aromatic carbocycles. The first-order valence-electron chi connectivity index (χ1n) is 6.32. The first-order valence-corrected chi connectivity index (χ1v) is 6.70. The van der Waals surface area contributed by atoms with Crippen LogP contribution in [0.3, 0.4) is 0 Å². The number of carbonyl (C=O) groups is 1. The van der Waals surface area contributed by atoms with Crippen molar-refractivity contribution in [1.29, 1.82) is 0 Å². The second-order valence-electron chi connectivity index (χ2n) is 5.03. The van der Waals surface area contributed by atoms with E-state index in [9.17, 15) is 9.90 Å². The van der Waals surface area contributed by atoms with E-state index < -0.39 is 11.5 Å². The number of anilines is 1. The zero-order chi connectivity index (χ0) is 13.2. The van der Waals surface area contributed by atoms with Crippen LogP contribution in [0.5, 0.6) is 0 Å². The Kier molecular flexibility index (Phi) is 3.81. The fourth-order valence-corrected chi connectivity index (χ4v) is 2.89. The van der Waals surface area contributed by atoms with E-state index in [0.29, 0.717) is 17.1 Å². The van der Waals surface area contributed by atoms with Crippen LogP contribution < -0.4 is 5.32 Å². The second kappa shape index (κ2) is 5.19. The SMILES string of the molecule is CC1CCCCC1(Nc1ccccc1Cl)C(=O)O. The van der Waals surface area contributed by atoms with Crippen molar-refractivity contribution in [3.8, 4) is 0 Å². The Hall–Kier alpha value is -1.22. The highest BCUT2D eigenvalue weighted by atomic mass is 35.5. The summed E-state index contributed by atoms with van der Waals surface area (Å²) in [5.41, 5.74) is -0.182. The molecule has 0 spiro atoms. The molecule has 1 aliphatic carbocycles. The molecule has 0 aromatic heterocycles. The molecule has 18 heavy (non-hydrogen) atoms. The van der Waals surface area contributed by atoms with E-state index in [1.165, 1.54) is 0 Å². The molecule has 0 saturated heterocycles. The quantitative estimate of drug-likeness (QED) is 0.876. The number of halogens is 1. The lowest BCUT2D eigenvalue weighted by Gasteiger charge is -2.40. The number of aliphatic carboxylic acids is 1. The topological polar surface area (TPSA) is 49.3 Å². The van der Waals surface area contributed by atoms with Gasteiger partial charge >= 0.3 is 5.97 Å². The zero-order valence-corrected chi connectivity index (χ0v) is 11.2. The molecule has 1 aromatic rings. The minimum absolute atomic E-state index is 0.0972. The van der Waals surface area contributed by atoms with Gasteiger partial charge in [-0.3, -0.25) is 0 Å². The van der Waals surface area contributed by atoms with Crippen LogP contribution in [0.15, 0.2) is 24.3 Å². The fraction of sp³-hybridized carbons (Fsp3) is 0.500. The van der Waals surface area contributed by atoms with E-state index in [0.717, 1.165) is 19.3 Å². The van der Waals surface area contributed by atoms with Crippen LogP contribution in [0.2, 0.25) is 5.02 Å². The van der Waals surface area contributed by atoms with Crippen molar-refractivity contribution >= 4 is 23.3 Å². The lowest BCUT2D eigenvalue weighted by atomic mass is 9.73. The predicted octanol–water partition coefficient (Wildman–Crippen LogP) is 3.79. The molecule has 3 nitrogen and oxygen atoms in total. The summed E-state index contributed by atoms with van der Waals surface area (Å²) in [7, 11) is 0. The molecule has 98 valence electrons. The molecule has 4 heteroatoms. The normalized spacial score (nSPS) is 27.8. The van der Waals surface area contributed by atoms with Crippen molar-refractivity contribution in [2.45, 2.75) is 38.1 Å². The standard InChI is InChI=1S/C14H18ClNO2/c1-10-6-4-5-9-14(10,13(17)18)16-12-8-3-2-7-11(12)15/h2-3,7-8,10,16H,4-6,9H2,1H3,(H,17,18). The van der Waals surface area contributed by atoms with Gasteiger partial charge in [-0.25, -0.2) is 4.79 Å². The first kappa shape index (κ1) is 13.2. The smallest absolute Gasteiger partial charge is 0.329 e. The molecule has 0 radical (unpaired) electrons. The molecule has 0 bridgehead atoms. The predicted molar refractivity (Wildman–Crippen MR) is 73.1 cm³/mol. The molecule has 2 rings (SSSR count). The van der Waals surface area contributed by atoms with Gasteiger partial charge in [0, 0.05) is 0 Å². The second-order valence-corrected chi connectivity index (χ2v) is 5.44. The maximum absolute atomic E-state index is 11.7. The highest BCUT2D eigenvalue weighted by Crippen LogP contribution is 2.38. The number of carboxylic acids is 1. The van der Waals surface area contributed by atoms with Gasteiger partial charge in [-0.05, 0) is 30.9 Å². The van der Waals surface area contributed by atoms with Crippen LogP contribution in [0.1, 0.15) is 32.6 Å². The third kappa shape index (κ3) is 2.32. The maximum Gasteiger partial charge on any atom is 0.329 e. The molecule has 1 fully saturated rings. The first-order chi connectivity index (χ1) is 8.56. The van der Waals surface area contributed by atoms with Crippen LogP contribution in [0.4, 0.5) is 5.69 Å². The molecule has 0 amide bonds. The Morgan fingerprint density at radius 2 is 2.17 bits per heavy atom. The van der Waals surface area contributed by atoms with Crippen molar-refractivity contribution in [3.05, 3.63) is 29.3 Å². The minimum atomic E-state index is -0.886. The van der Waals surface area contributed by atoms with Gasteiger partial charge in [-0.2, -0.15) is 0 Å². The number of para-hydroxylation sites is 1. The molecule has 0 heterocycles.